The Labute approximate surface area is 106 Å². The van der Waals surface area contributed by atoms with Gasteiger partial charge in [-0.25, -0.2) is 18.6 Å². The second-order valence-electron chi connectivity index (χ2n) is 3.04. The molecule has 1 aromatic rings. The smallest absolute Gasteiger partial charge is 0.417 e. The molecule has 0 aliphatic heterocycles. The zero-order chi connectivity index (χ0) is 14.1. The summed E-state index contributed by atoms with van der Waals surface area (Å²) in [5, 5.41) is 0. The number of hydrogen-bond donors (Lipinski definition) is 0. The van der Waals surface area contributed by atoms with Gasteiger partial charge < -0.3 is 4.74 Å². The Morgan fingerprint density at radius 1 is 1.44 bits per heavy atom. The summed E-state index contributed by atoms with van der Waals surface area (Å²) in [6, 6.07) is 0.383. The SMILES string of the molecule is COC(=O)c1nc(Br)cc(C(F)(F)F)c1C(F)F. The number of methoxy groups -OCH3 is 1. The summed E-state index contributed by atoms with van der Waals surface area (Å²) in [5.74, 6) is -1.36. The van der Waals surface area contributed by atoms with Gasteiger partial charge >= 0.3 is 12.1 Å². The minimum atomic E-state index is -5.03. The highest BCUT2D eigenvalue weighted by atomic mass is 79.9. The van der Waals surface area contributed by atoms with Gasteiger partial charge in [-0.3, -0.25) is 0 Å². The van der Waals surface area contributed by atoms with Crippen LogP contribution in [0.2, 0.25) is 0 Å². The first kappa shape index (κ1) is 14.8. The molecule has 0 aliphatic rings. The summed E-state index contributed by atoms with van der Waals surface area (Å²) < 4.78 is 66.9. The van der Waals surface area contributed by atoms with Crippen molar-refractivity contribution in [1.29, 1.82) is 0 Å². The number of halogens is 6. The maximum Gasteiger partial charge on any atom is 0.417 e. The molecule has 0 bridgehead atoms. The normalized spacial score (nSPS) is 11.8. The predicted molar refractivity (Wildman–Crippen MR) is 53.2 cm³/mol. The maximum absolute atomic E-state index is 12.7. The van der Waals surface area contributed by atoms with Crippen molar-refractivity contribution in [2.75, 3.05) is 7.11 Å². The first-order valence-corrected chi connectivity index (χ1v) is 5.12. The first-order valence-electron chi connectivity index (χ1n) is 4.32. The molecule has 0 fully saturated rings. The van der Waals surface area contributed by atoms with Gasteiger partial charge in [0.15, 0.2) is 5.69 Å². The fourth-order valence-electron chi connectivity index (χ4n) is 1.23. The molecule has 0 spiro atoms. The quantitative estimate of drug-likeness (QED) is 0.471. The lowest BCUT2D eigenvalue weighted by molar-refractivity contribution is -0.139. The lowest BCUT2D eigenvalue weighted by Crippen LogP contribution is -2.17. The Bertz CT molecular complexity index is 475. The van der Waals surface area contributed by atoms with Crippen molar-refractivity contribution < 1.29 is 31.5 Å². The fourth-order valence-corrected chi connectivity index (χ4v) is 1.64. The van der Waals surface area contributed by atoms with Crippen molar-refractivity contribution in [3.05, 3.63) is 27.5 Å². The number of carbonyl (C=O) groups is 1. The van der Waals surface area contributed by atoms with E-state index in [1.807, 2.05) is 0 Å². The van der Waals surface area contributed by atoms with Gasteiger partial charge in [0.25, 0.3) is 6.43 Å². The van der Waals surface area contributed by atoms with Crippen molar-refractivity contribution >= 4 is 21.9 Å². The van der Waals surface area contributed by atoms with E-state index in [0.717, 1.165) is 7.11 Å². The standard InChI is InChI=1S/C9H5BrF5NO2/c1-18-8(17)6-5(7(11)12)3(9(13,14)15)2-4(10)16-6/h2,7H,1H3. The van der Waals surface area contributed by atoms with E-state index in [1.54, 1.807) is 0 Å². The third-order valence-corrected chi connectivity index (χ3v) is 2.34. The Balaban J connectivity index is 3.62. The molecule has 0 aliphatic carbocycles. The van der Waals surface area contributed by atoms with E-state index in [1.165, 1.54) is 0 Å². The van der Waals surface area contributed by atoms with Gasteiger partial charge in [-0.1, -0.05) is 0 Å². The second-order valence-corrected chi connectivity index (χ2v) is 3.86. The average Bonchev–Trinajstić information content (AvgIpc) is 2.25. The number of ether oxygens (including phenoxy) is 1. The summed E-state index contributed by atoms with van der Waals surface area (Å²) in [7, 11) is 0.855. The number of esters is 1. The van der Waals surface area contributed by atoms with E-state index in [4.69, 9.17) is 0 Å². The van der Waals surface area contributed by atoms with E-state index >= 15 is 0 Å². The van der Waals surface area contributed by atoms with Crippen LogP contribution in [0.3, 0.4) is 0 Å². The van der Waals surface area contributed by atoms with Crippen molar-refractivity contribution in [1.82, 2.24) is 4.98 Å². The van der Waals surface area contributed by atoms with Crippen LogP contribution < -0.4 is 0 Å². The van der Waals surface area contributed by atoms with Crippen LogP contribution in [0.25, 0.3) is 0 Å². The molecule has 0 atom stereocenters. The summed E-state index contributed by atoms with van der Waals surface area (Å²) in [6.45, 7) is 0. The van der Waals surface area contributed by atoms with Crippen LogP contribution in [0.15, 0.2) is 10.7 Å². The van der Waals surface area contributed by atoms with Gasteiger partial charge in [0.1, 0.15) is 4.60 Å². The zero-order valence-electron chi connectivity index (χ0n) is 8.69. The van der Waals surface area contributed by atoms with Gasteiger partial charge in [0.05, 0.1) is 18.2 Å². The zero-order valence-corrected chi connectivity index (χ0v) is 10.3. The molecule has 0 saturated heterocycles. The molecule has 9 heteroatoms. The lowest BCUT2D eigenvalue weighted by atomic mass is 10.1. The largest absolute Gasteiger partial charge is 0.464 e. The maximum atomic E-state index is 12.7. The number of carbonyl (C=O) groups excluding carboxylic acids is 1. The summed E-state index contributed by atoms with van der Waals surface area (Å²) in [6.07, 6.45) is -8.53. The van der Waals surface area contributed by atoms with E-state index in [0.29, 0.717) is 6.07 Å². The van der Waals surface area contributed by atoms with Gasteiger partial charge in [0.2, 0.25) is 0 Å². The summed E-state index contributed by atoms with van der Waals surface area (Å²) in [5.41, 5.74) is -4.17. The minimum Gasteiger partial charge on any atom is -0.464 e. The van der Waals surface area contributed by atoms with Crippen molar-refractivity contribution in [3.8, 4) is 0 Å². The molecule has 1 heterocycles. The average molecular weight is 334 g/mol. The molecule has 0 radical (unpaired) electrons. The number of rotatable bonds is 2. The van der Waals surface area contributed by atoms with E-state index in [2.05, 4.69) is 25.7 Å². The van der Waals surface area contributed by atoms with Gasteiger partial charge in [-0.2, -0.15) is 13.2 Å². The summed E-state index contributed by atoms with van der Waals surface area (Å²) in [4.78, 5) is 14.5. The molecule has 0 aromatic carbocycles. The Kier molecular flexibility index (Phi) is 4.25. The highest BCUT2D eigenvalue weighted by Crippen LogP contribution is 2.39. The van der Waals surface area contributed by atoms with Crippen LogP contribution in [0, 0.1) is 0 Å². The van der Waals surface area contributed by atoms with Crippen LogP contribution in [0.4, 0.5) is 22.0 Å². The molecular weight excluding hydrogens is 329 g/mol. The molecular formula is C9H5BrF5NO2. The van der Waals surface area contributed by atoms with Crippen molar-refractivity contribution in [3.63, 3.8) is 0 Å². The molecule has 0 amide bonds. The monoisotopic (exact) mass is 333 g/mol. The van der Waals surface area contributed by atoms with Crippen LogP contribution >= 0.6 is 15.9 Å². The number of aromatic nitrogens is 1. The Hall–Kier alpha value is -1.25. The van der Waals surface area contributed by atoms with Crippen LogP contribution in [0.1, 0.15) is 28.0 Å². The van der Waals surface area contributed by atoms with E-state index < -0.39 is 35.4 Å². The van der Waals surface area contributed by atoms with Gasteiger partial charge in [-0.05, 0) is 22.0 Å². The lowest BCUT2D eigenvalue weighted by Gasteiger charge is -2.15. The van der Waals surface area contributed by atoms with E-state index in [9.17, 15) is 26.7 Å². The predicted octanol–water partition coefficient (Wildman–Crippen LogP) is 3.59. The topological polar surface area (TPSA) is 39.2 Å². The third-order valence-electron chi connectivity index (χ3n) is 1.93. The molecule has 0 saturated carbocycles. The molecule has 0 unspecified atom stereocenters. The van der Waals surface area contributed by atoms with Gasteiger partial charge in [0, 0.05) is 0 Å². The first-order chi connectivity index (χ1) is 8.18. The highest BCUT2D eigenvalue weighted by molar-refractivity contribution is 9.10. The van der Waals surface area contributed by atoms with Gasteiger partial charge in [-0.15, -0.1) is 0 Å². The van der Waals surface area contributed by atoms with Crippen molar-refractivity contribution in [2.24, 2.45) is 0 Å². The second kappa shape index (κ2) is 5.17. The molecule has 1 aromatic heterocycles. The van der Waals surface area contributed by atoms with Crippen LogP contribution in [0.5, 0.6) is 0 Å². The number of alkyl halides is 5. The molecule has 18 heavy (non-hydrogen) atoms. The highest BCUT2D eigenvalue weighted by Gasteiger charge is 2.39. The van der Waals surface area contributed by atoms with Crippen molar-refractivity contribution in [2.45, 2.75) is 12.6 Å². The third kappa shape index (κ3) is 2.95. The molecule has 1 rings (SSSR count). The van der Waals surface area contributed by atoms with Crippen LogP contribution in [-0.2, 0) is 10.9 Å². The molecule has 3 nitrogen and oxygen atoms in total. The van der Waals surface area contributed by atoms with Crippen LogP contribution in [-0.4, -0.2) is 18.1 Å². The minimum absolute atomic E-state index is 0.383. The molecule has 0 N–H and O–H groups in total. The molecule has 100 valence electrons. The summed E-state index contributed by atoms with van der Waals surface area (Å²) >= 11 is 2.62. The Morgan fingerprint density at radius 3 is 2.39 bits per heavy atom. The fraction of sp³-hybridized carbons (Fsp3) is 0.333. The van der Waals surface area contributed by atoms with E-state index in [-0.39, 0.29) is 4.60 Å². The number of hydrogen-bond acceptors (Lipinski definition) is 3. The Morgan fingerprint density at radius 2 is 2.00 bits per heavy atom. The number of pyridine rings is 1. The number of nitrogens with zero attached hydrogens (tertiary/aromatic N) is 1.